The maximum Gasteiger partial charge on any atom is 0.224 e. The second kappa shape index (κ2) is 10.5. The Morgan fingerprint density at radius 2 is 1.70 bits per heavy atom. The molecule has 1 N–H and O–H groups in total. The topological polar surface area (TPSA) is 72.0 Å². The molecule has 8 heteroatoms. The third kappa shape index (κ3) is 5.81. The smallest absolute Gasteiger partial charge is 0.224 e. The van der Waals surface area contributed by atoms with E-state index >= 15 is 0 Å². The Morgan fingerprint density at radius 1 is 0.970 bits per heavy atom. The summed E-state index contributed by atoms with van der Waals surface area (Å²) in [6.07, 6.45) is 0.449. The largest absolute Gasteiger partial charge is 0.354 e. The summed E-state index contributed by atoms with van der Waals surface area (Å²) in [5.74, 6) is 0.952. The zero-order chi connectivity index (χ0) is 23.4. The number of pyridine rings is 1. The summed E-state index contributed by atoms with van der Waals surface area (Å²) >= 11 is 0. The van der Waals surface area contributed by atoms with Gasteiger partial charge in [-0.2, -0.15) is 0 Å². The normalized spacial score (nSPS) is 18.0. The van der Waals surface area contributed by atoms with E-state index in [1.807, 2.05) is 23.1 Å². The van der Waals surface area contributed by atoms with Crippen molar-refractivity contribution in [3.8, 4) is 0 Å². The molecule has 2 aliphatic rings. The predicted octanol–water partition coefficient (Wildman–Crippen LogP) is 2.18. The highest BCUT2D eigenvalue weighted by molar-refractivity contribution is 5.96. The van der Waals surface area contributed by atoms with Crippen molar-refractivity contribution < 1.29 is 9.59 Å². The fraction of sp³-hybridized carbons (Fsp3) is 0.560. The minimum atomic E-state index is -0.130. The van der Waals surface area contributed by atoms with Gasteiger partial charge in [0.15, 0.2) is 0 Å². The van der Waals surface area contributed by atoms with Gasteiger partial charge in [-0.25, -0.2) is 4.98 Å². The molecule has 0 bridgehead atoms. The van der Waals surface area contributed by atoms with E-state index < -0.39 is 0 Å². The Morgan fingerprint density at radius 3 is 2.39 bits per heavy atom. The van der Waals surface area contributed by atoms with Crippen molar-refractivity contribution in [2.45, 2.75) is 26.7 Å². The standard InChI is InChI=1S/C25H36N6O2/c1-4-29-11-15-31(16-12-29)25(33)8-7-24(32)26-20-5-6-22-21(18-20)19(2)17-23(27-22)30-13-9-28(3)10-14-30/h5-6,17-18H,4,7-16H2,1-3H3,(H,26,32). The number of aryl methyl sites for hydroxylation is 1. The third-order valence-electron chi connectivity index (χ3n) is 6.85. The highest BCUT2D eigenvalue weighted by atomic mass is 16.2. The Labute approximate surface area is 196 Å². The van der Waals surface area contributed by atoms with Crippen molar-refractivity contribution in [3.05, 3.63) is 29.8 Å². The molecule has 0 spiro atoms. The van der Waals surface area contributed by atoms with Crippen LogP contribution >= 0.6 is 0 Å². The highest BCUT2D eigenvalue weighted by Gasteiger charge is 2.21. The molecule has 1 aromatic carbocycles. The van der Waals surface area contributed by atoms with Crippen LogP contribution in [0.3, 0.4) is 0 Å². The van der Waals surface area contributed by atoms with Gasteiger partial charge in [-0.1, -0.05) is 6.92 Å². The molecule has 2 fully saturated rings. The number of fused-ring (bicyclic) bond motifs is 1. The number of anilines is 2. The number of rotatable bonds is 6. The molecule has 2 amide bonds. The summed E-state index contributed by atoms with van der Waals surface area (Å²) in [6.45, 7) is 12.6. The highest BCUT2D eigenvalue weighted by Crippen LogP contribution is 2.26. The van der Waals surface area contributed by atoms with Gasteiger partial charge in [0, 0.05) is 76.3 Å². The summed E-state index contributed by atoms with van der Waals surface area (Å²) < 4.78 is 0. The third-order valence-corrected chi connectivity index (χ3v) is 6.85. The second-order valence-corrected chi connectivity index (χ2v) is 9.18. The number of nitrogens with one attached hydrogen (secondary N) is 1. The van der Waals surface area contributed by atoms with Gasteiger partial charge < -0.3 is 24.9 Å². The molecule has 2 saturated heterocycles. The van der Waals surface area contributed by atoms with E-state index in [2.05, 4.69) is 47.0 Å². The molecule has 4 rings (SSSR count). The van der Waals surface area contributed by atoms with Gasteiger partial charge >= 0.3 is 0 Å². The molecule has 0 saturated carbocycles. The fourth-order valence-electron chi connectivity index (χ4n) is 4.57. The van der Waals surface area contributed by atoms with Crippen LogP contribution in [0.5, 0.6) is 0 Å². The lowest BCUT2D eigenvalue weighted by Gasteiger charge is -2.34. The number of piperazine rings is 2. The van der Waals surface area contributed by atoms with E-state index in [0.717, 1.165) is 86.9 Å². The van der Waals surface area contributed by atoms with Crippen LogP contribution in [-0.4, -0.2) is 97.4 Å². The zero-order valence-electron chi connectivity index (χ0n) is 20.1. The van der Waals surface area contributed by atoms with E-state index in [4.69, 9.17) is 4.98 Å². The van der Waals surface area contributed by atoms with Gasteiger partial charge in [0.2, 0.25) is 11.8 Å². The lowest BCUT2D eigenvalue weighted by atomic mass is 10.1. The summed E-state index contributed by atoms with van der Waals surface area (Å²) in [5.41, 5.74) is 2.82. The molecule has 0 radical (unpaired) electrons. The van der Waals surface area contributed by atoms with E-state index in [1.54, 1.807) is 0 Å². The van der Waals surface area contributed by atoms with E-state index in [0.29, 0.717) is 0 Å². The number of amides is 2. The van der Waals surface area contributed by atoms with Crippen LogP contribution in [-0.2, 0) is 9.59 Å². The summed E-state index contributed by atoms with van der Waals surface area (Å²) in [7, 11) is 2.15. The Bertz CT molecular complexity index is 994. The molecule has 178 valence electrons. The summed E-state index contributed by atoms with van der Waals surface area (Å²) in [6, 6.07) is 7.98. The van der Waals surface area contributed by atoms with Crippen molar-refractivity contribution in [1.29, 1.82) is 0 Å². The Balaban J connectivity index is 1.33. The number of nitrogens with zero attached hydrogens (tertiary/aromatic N) is 5. The summed E-state index contributed by atoms with van der Waals surface area (Å²) in [5, 5.41) is 3.99. The van der Waals surface area contributed by atoms with Gasteiger partial charge in [-0.3, -0.25) is 9.59 Å². The Hall–Kier alpha value is -2.71. The van der Waals surface area contributed by atoms with Gasteiger partial charge in [0.25, 0.3) is 0 Å². The minimum Gasteiger partial charge on any atom is -0.354 e. The maximum atomic E-state index is 12.5. The van der Waals surface area contributed by atoms with E-state index in [1.165, 1.54) is 0 Å². The number of carbonyl (C=O) groups is 2. The van der Waals surface area contributed by atoms with Crippen molar-refractivity contribution in [1.82, 2.24) is 19.7 Å². The average molecular weight is 453 g/mol. The zero-order valence-corrected chi connectivity index (χ0v) is 20.1. The molecule has 3 heterocycles. The van der Waals surface area contributed by atoms with Gasteiger partial charge in [-0.05, 0) is 50.3 Å². The van der Waals surface area contributed by atoms with E-state index in [9.17, 15) is 9.59 Å². The van der Waals surface area contributed by atoms with Crippen molar-refractivity contribution in [2.24, 2.45) is 0 Å². The first kappa shape index (κ1) is 23.4. The lowest BCUT2D eigenvalue weighted by molar-refractivity contribution is -0.134. The maximum absolute atomic E-state index is 12.5. The molecule has 0 atom stereocenters. The molecule has 8 nitrogen and oxygen atoms in total. The molecule has 2 aliphatic heterocycles. The molecule has 1 aromatic heterocycles. The van der Waals surface area contributed by atoms with Crippen LogP contribution in [0.15, 0.2) is 24.3 Å². The fourth-order valence-corrected chi connectivity index (χ4v) is 4.57. The number of likely N-dealkylation sites (N-methyl/N-ethyl adjacent to an activating group) is 2. The number of benzene rings is 1. The van der Waals surface area contributed by atoms with Crippen LogP contribution < -0.4 is 10.2 Å². The number of carbonyl (C=O) groups excluding carboxylic acids is 2. The minimum absolute atomic E-state index is 0.0656. The number of hydrogen-bond acceptors (Lipinski definition) is 6. The Kier molecular flexibility index (Phi) is 7.45. The summed E-state index contributed by atoms with van der Waals surface area (Å²) in [4.78, 5) is 38.7. The first-order valence-electron chi connectivity index (χ1n) is 12.1. The molecule has 0 unspecified atom stereocenters. The average Bonchev–Trinajstić information content (AvgIpc) is 2.83. The van der Waals surface area contributed by atoms with Crippen molar-refractivity contribution in [2.75, 3.05) is 76.2 Å². The monoisotopic (exact) mass is 452 g/mol. The molecule has 0 aliphatic carbocycles. The van der Waals surface area contributed by atoms with Crippen molar-refractivity contribution in [3.63, 3.8) is 0 Å². The predicted molar refractivity (Wildman–Crippen MR) is 133 cm³/mol. The first-order valence-corrected chi connectivity index (χ1v) is 12.1. The van der Waals surface area contributed by atoms with E-state index in [-0.39, 0.29) is 24.7 Å². The SMILES string of the molecule is CCN1CCN(C(=O)CCC(=O)Nc2ccc3nc(N4CCN(C)CC4)cc(C)c3c2)CC1. The molecule has 33 heavy (non-hydrogen) atoms. The number of hydrogen-bond donors (Lipinski definition) is 1. The quantitative estimate of drug-likeness (QED) is 0.724. The van der Waals surface area contributed by atoms with Gasteiger partial charge in [0.05, 0.1) is 5.52 Å². The van der Waals surface area contributed by atoms with Crippen LogP contribution in [0, 0.1) is 6.92 Å². The first-order chi connectivity index (χ1) is 15.9. The van der Waals surface area contributed by atoms with Crippen LogP contribution in [0.4, 0.5) is 11.5 Å². The van der Waals surface area contributed by atoms with Crippen LogP contribution in [0.25, 0.3) is 10.9 Å². The van der Waals surface area contributed by atoms with Gasteiger partial charge in [-0.15, -0.1) is 0 Å². The van der Waals surface area contributed by atoms with Crippen LogP contribution in [0.2, 0.25) is 0 Å². The molecule has 2 aromatic rings. The van der Waals surface area contributed by atoms with Gasteiger partial charge in [0.1, 0.15) is 5.82 Å². The van der Waals surface area contributed by atoms with Crippen LogP contribution in [0.1, 0.15) is 25.3 Å². The number of aromatic nitrogens is 1. The second-order valence-electron chi connectivity index (χ2n) is 9.18. The molecular weight excluding hydrogens is 416 g/mol. The van der Waals surface area contributed by atoms with Crippen molar-refractivity contribution >= 4 is 34.2 Å². The molecular formula is C25H36N6O2. The lowest BCUT2D eigenvalue weighted by Crippen LogP contribution is -2.48.